The van der Waals surface area contributed by atoms with Gasteiger partial charge in [0.05, 0.1) is 27.7 Å². The fourth-order valence-corrected chi connectivity index (χ4v) is 10.4. The Labute approximate surface area is 310 Å². The first-order valence-corrected chi connectivity index (χ1v) is 18.7. The first-order valence-electron chi connectivity index (χ1n) is 18.7. The van der Waals surface area contributed by atoms with Gasteiger partial charge >= 0.3 is 0 Å². The summed E-state index contributed by atoms with van der Waals surface area (Å²) in [4.78, 5) is 5.69. The molecule has 1 spiro atoms. The van der Waals surface area contributed by atoms with Crippen molar-refractivity contribution in [3.8, 4) is 11.1 Å². The Kier molecular flexibility index (Phi) is 6.11. The quantitative estimate of drug-likeness (QED) is 0.178. The molecule has 2 aliphatic rings. The van der Waals surface area contributed by atoms with E-state index < -0.39 is 11.0 Å². The van der Waals surface area contributed by atoms with Crippen molar-refractivity contribution in [2.45, 2.75) is 38.6 Å². The second-order valence-electron chi connectivity index (χ2n) is 15.3. The van der Waals surface area contributed by atoms with Crippen LogP contribution in [0, 0.1) is 27.7 Å². The van der Waals surface area contributed by atoms with Crippen molar-refractivity contribution in [3.63, 3.8) is 0 Å². The van der Waals surface area contributed by atoms with Crippen LogP contribution in [0.25, 0.3) is 43.8 Å². The van der Waals surface area contributed by atoms with Crippen molar-refractivity contribution in [1.29, 1.82) is 0 Å². The fourth-order valence-electron chi connectivity index (χ4n) is 10.4. The van der Waals surface area contributed by atoms with Gasteiger partial charge in [0.25, 0.3) is 0 Å². The molecule has 0 saturated heterocycles. The van der Waals surface area contributed by atoms with Crippen LogP contribution in [0.15, 0.2) is 158 Å². The number of pyridine rings is 1. The Morgan fingerprint density at radius 3 is 1.49 bits per heavy atom. The van der Waals surface area contributed by atoms with Gasteiger partial charge in [-0.05, 0) is 119 Å². The summed E-state index contributed by atoms with van der Waals surface area (Å²) in [5.41, 5.74) is 18.7. The molecule has 0 unspecified atom stereocenters. The zero-order valence-corrected chi connectivity index (χ0v) is 30.4. The molecule has 2 nitrogen and oxygen atoms in total. The lowest BCUT2D eigenvalue weighted by Crippen LogP contribution is -2.48. The number of rotatable bonds is 2. The molecule has 11 rings (SSSR count). The monoisotopic (exact) mass is 678 g/mol. The Balaban J connectivity index is 1.42. The van der Waals surface area contributed by atoms with Crippen molar-refractivity contribution in [2.75, 3.05) is 0 Å². The fraction of sp³-hybridized carbons (Fsp3) is 0.118. The van der Waals surface area contributed by atoms with Gasteiger partial charge in [-0.25, -0.2) is 4.98 Å². The van der Waals surface area contributed by atoms with E-state index >= 15 is 0 Å². The number of benzene rings is 7. The Bertz CT molecular complexity index is 2850. The highest BCUT2D eigenvalue weighted by atomic mass is 15.1. The predicted molar refractivity (Wildman–Crippen MR) is 219 cm³/mol. The standard InChI is InChI=1S/C51H38N2/c1-31-23-26-36-37-27-24-32(2)30-46(37)53(45(36)29-31)51(47-28-25-35-15-5-10-22-44(35)52-47)40-18-8-6-16-38(40)50(39-17-7-9-19-41(39)51)42-20-11-13-33(3)48(42)49-34(4)14-12-21-43(49)50/h5-30H,1-4H3. The van der Waals surface area contributed by atoms with Crippen LogP contribution in [0.3, 0.4) is 0 Å². The maximum atomic E-state index is 5.69. The number of hydrogen-bond donors (Lipinski definition) is 0. The molecule has 0 fully saturated rings. The molecule has 9 aromatic rings. The molecular formula is C51H38N2. The number of para-hydroxylation sites is 1. The summed E-state index contributed by atoms with van der Waals surface area (Å²) in [7, 11) is 0. The highest BCUT2D eigenvalue weighted by molar-refractivity contribution is 6.09. The third kappa shape index (κ3) is 3.70. The largest absolute Gasteiger partial charge is 0.320 e. The maximum absolute atomic E-state index is 5.69. The maximum Gasteiger partial charge on any atom is 0.138 e. The summed E-state index contributed by atoms with van der Waals surface area (Å²) in [6, 6.07) is 59.5. The third-order valence-electron chi connectivity index (χ3n) is 12.4. The molecule has 53 heavy (non-hydrogen) atoms. The smallest absolute Gasteiger partial charge is 0.138 e. The van der Waals surface area contributed by atoms with Gasteiger partial charge in [0.15, 0.2) is 0 Å². The first kappa shape index (κ1) is 30.4. The molecule has 2 heteroatoms. The molecule has 2 aliphatic carbocycles. The minimum absolute atomic E-state index is 0.527. The van der Waals surface area contributed by atoms with E-state index in [0.717, 1.165) is 16.6 Å². The van der Waals surface area contributed by atoms with Crippen molar-refractivity contribution < 1.29 is 0 Å². The molecule has 2 aromatic heterocycles. The molecular weight excluding hydrogens is 641 g/mol. The lowest BCUT2D eigenvalue weighted by atomic mass is 9.56. The van der Waals surface area contributed by atoms with Crippen LogP contribution < -0.4 is 0 Å². The summed E-state index contributed by atoms with van der Waals surface area (Å²) >= 11 is 0. The van der Waals surface area contributed by atoms with E-state index in [4.69, 9.17) is 4.98 Å². The van der Waals surface area contributed by atoms with E-state index in [1.807, 2.05) is 0 Å². The van der Waals surface area contributed by atoms with Gasteiger partial charge in [-0.15, -0.1) is 0 Å². The molecule has 0 atom stereocenters. The molecule has 2 heterocycles. The molecule has 0 amide bonds. The number of aryl methyl sites for hydroxylation is 4. The van der Waals surface area contributed by atoms with Crippen molar-refractivity contribution in [1.82, 2.24) is 9.55 Å². The molecule has 252 valence electrons. The predicted octanol–water partition coefficient (Wildman–Crippen LogP) is 12.1. The highest BCUT2D eigenvalue weighted by Crippen LogP contribution is 2.65. The Morgan fingerprint density at radius 1 is 0.434 bits per heavy atom. The minimum Gasteiger partial charge on any atom is -0.320 e. The van der Waals surface area contributed by atoms with Crippen LogP contribution in [0.1, 0.15) is 61.3 Å². The van der Waals surface area contributed by atoms with E-state index in [0.29, 0.717) is 0 Å². The summed E-state index contributed by atoms with van der Waals surface area (Å²) in [6.07, 6.45) is 0. The Hall–Kier alpha value is -6.25. The van der Waals surface area contributed by atoms with Crippen LogP contribution in [0.4, 0.5) is 0 Å². The van der Waals surface area contributed by atoms with Gasteiger partial charge in [0.1, 0.15) is 5.54 Å². The van der Waals surface area contributed by atoms with E-state index in [-0.39, 0.29) is 0 Å². The number of hydrogen-bond acceptors (Lipinski definition) is 1. The Morgan fingerprint density at radius 2 is 0.925 bits per heavy atom. The van der Waals surface area contributed by atoms with E-state index in [1.54, 1.807) is 0 Å². The average molecular weight is 679 g/mol. The van der Waals surface area contributed by atoms with Gasteiger partial charge in [0.2, 0.25) is 0 Å². The highest BCUT2D eigenvalue weighted by Gasteiger charge is 2.58. The normalized spacial score (nSPS) is 14.7. The zero-order chi connectivity index (χ0) is 35.6. The summed E-state index contributed by atoms with van der Waals surface area (Å²) in [5, 5.41) is 3.64. The van der Waals surface area contributed by atoms with E-state index in [2.05, 4.69) is 190 Å². The third-order valence-corrected chi connectivity index (χ3v) is 12.4. The number of fused-ring (bicyclic) bond motifs is 13. The summed E-state index contributed by atoms with van der Waals surface area (Å²) in [5.74, 6) is 0. The zero-order valence-electron chi connectivity index (χ0n) is 30.4. The van der Waals surface area contributed by atoms with Crippen LogP contribution >= 0.6 is 0 Å². The van der Waals surface area contributed by atoms with Gasteiger partial charge in [-0.3, -0.25) is 0 Å². The molecule has 0 saturated carbocycles. The molecule has 0 radical (unpaired) electrons. The topological polar surface area (TPSA) is 17.8 Å². The summed E-state index contributed by atoms with van der Waals surface area (Å²) < 4.78 is 2.66. The average Bonchev–Trinajstić information content (AvgIpc) is 3.66. The van der Waals surface area contributed by atoms with Gasteiger partial charge in [-0.2, -0.15) is 0 Å². The van der Waals surface area contributed by atoms with Crippen LogP contribution in [-0.2, 0) is 11.0 Å². The van der Waals surface area contributed by atoms with Gasteiger partial charge in [0, 0.05) is 16.2 Å². The molecule has 0 bridgehead atoms. The second-order valence-corrected chi connectivity index (χ2v) is 15.3. The van der Waals surface area contributed by atoms with Crippen LogP contribution in [-0.4, -0.2) is 9.55 Å². The van der Waals surface area contributed by atoms with Gasteiger partial charge in [-0.1, -0.05) is 133 Å². The minimum atomic E-state index is -0.819. The molecule has 0 N–H and O–H groups in total. The lowest BCUT2D eigenvalue weighted by molar-refractivity contribution is 0.491. The van der Waals surface area contributed by atoms with E-state index in [1.165, 1.54) is 88.6 Å². The lowest BCUT2D eigenvalue weighted by Gasteiger charge is -2.50. The van der Waals surface area contributed by atoms with Crippen LogP contribution in [0.2, 0.25) is 0 Å². The van der Waals surface area contributed by atoms with Gasteiger partial charge < -0.3 is 4.57 Å². The number of aromatic nitrogens is 2. The summed E-state index contributed by atoms with van der Waals surface area (Å²) in [6.45, 7) is 8.98. The van der Waals surface area contributed by atoms with Crippen LogP contribution in [0.5, 0.6) is 0 Å². The van der Waals surface area contributed by atoms with Crippen molar-refractivity contribution in [2.24, 2.45) is 0 Å². The first-order chi connectivity index (χ1) is 25.9. The van der Waals surface area contributed by atoms with Crippen molar-refractivity contribution >= 4 is 32.7 Å². The molecule has 7 aromatic carbocycles. The van der Waals surface area contributed by atoms with Crippen molar-refractivity contribution in [3.05, 3.63) is 219 Å². The second kappa shape index (κ2) is 10.6. The number of nitrogens with zero attached hydrogens (tertiary/aromatic N) is 2. The van der Waals surface area contributed by atoms with E-state index in [9.17, 15) is 0 Å². The molecule has 0 aliphatic heterocycles. The SMILES string of the molecule is Cc1ccc2c3ccc(C)cc3n(C3(c4ccc5ccccc5n4)c4ccccc4C4(c5ccccc53)c3cccc(C)c3-c3c(C)cccc34)c2c1.